The van der Waals surface area contributed by atoms with Gasteiger partial charge in [-0.2, -0.15) is 0 Å². The molecule has 18 heavy (non-hydrogen) atoms. The summed E-state index contributed by atoms with van der Waals surface area (Å²) >= 11 is 0. The van der Waals surface area contributed by atoms with Crippen molar-refractivity contribution in [1.82, 2.24) is 4.90 Å². The summed E-state index contributed by atoms with van der Waals surface area (Å²) in [4.78, 5) is 25.2. The van der Waals surface area contributed by atoms with Gasteiger partial charge < -0.3 is 15.7 Å². The second-order valence-corrected chi connectivity index (χ2v) is 5.62. The summed E-state index contributed by atoms with van der Waals surface area (Å²) in [6.45, 7) is 2.43. The number of carboxylic acids is 1. The second-order valence-electron chi connectivity index (χ2n) is 5.62. The van der Waals surface area contributed by atoms with Crippen molar-refractivity contribution in [2.45, 2.75) is 51.1 Å². The van der Waals surface area contributed by atoms with Crippen LogP contribution in [0, 0.1) is 11.8 Å². The number of carbonyl (C=O) groups excluding carboxylic acids is 1. The van der Waals surface area contributed by atoms with E-state index in [4.69, 9.17) is 10.8 Å². The molecule has 2 rings (SSSR count). The molecular formula is C13H22N2O3. The third-order valence-corrected chi connectivity index (χ3v) is 4.48. The molecule has 3 N–H and O–H groups in total. The minimum Gasteiger partial charge on any atom is -0.481 e. The van der Waals surface area contributed by atoms with Crippen LogP contribution < -0.4 is 5.73 Å². The van der Waals surface area contributed by atoms with Crippen LogP contribution in [0.5, 0.6) is 0 Å². The Morgan fingerprint density at radius 3 is 2.28 bits per heavy atom. The molecule has 5 nitrogen and oxygen atoms in total. The third-order valence-electron chi connectivity index (χ3n) is 4.48. The molecule has 0 aromatic heterocycles. The summed E-state index contributed by atoms with van der Waals surface area (Å²) in [5, 5.41) is 9.07. The van der Waals surface area contributed by atoms with Gasteiger partial charge in [0.05, 0.1) is 5.92 Å². The van der Waals surface area contributed by atoms with Crippen molar-refractivity contribution in [3.63, 3.8) is 0 Å². The molecule has 2 unspecified atom stereocenters. The average molecular weight is 254 g/mol. The zero-order chi connectivity index (χ0) is 13.3. The second kappa shape index (κ2) is 5.26. The number of carbonyl (C=O) groups is 2. The standard InChI is InChI=1S/C13H22N2O3/c1-8-11(13(17)18)6-7-15(8)12(16)9-2-4-10(14)5-3-9/h8-11H,2-7,14H2,1H3,(H,17,18). The number of carboxylic acid groups (broad SMARTS) is 1. The van der Waals surface area contributed by atoms with Crippen LogP contribution in [0.25, 0.3) is 0 Å². The Balaban J connectivity index is 1.96. The molecule has 0 bridgehead atoms. The van der Waals surface area contributed by atoms with Gasteiger partial charge in [0.25, 0.3) is 0 Å². The summed E-state index contributed by atoms with van der Waals surface area (Å²) in [5.41, 5.74) is 5.84. The summed E-state index contributed by atoms with van der Waals surface area (Å²) in [6, 6.07) is 0.0578. The van der Waals surface area contributed by atoms with Crippen LogP contribution in [-0.4, -0.2) is 40.5 Å². The topological polar surface area (TPSA) is 83.6 Å². The molecule has 0 spiro atoms. The number of aliphatic carboxylic acids is 1. The molecule has 2 atom stereocenters. The van der Waals surface area contributed by atoms with Crippen LogP contribution in [0.4, 0.5) is 0 Å². The fourth-order valence-corrected chi connectivity index (χ4v) is 3.18. The van der Waals surface area contributed by atoms with E-state index in [0.717, 1.165) is 25.7 Å². The predicted molar refractivity (Wildman–Crippen MR) is 66.9 cm³/mol. The normalized spacial score (nSPS) is 36.7. The first-order valence-electron chi connectivity index (χ1n) is 6.79. The molecule has 2 fully saturated rings. The monoisotopic (exact) mass is 254 g/mol. The highest BCUT2D eigenvalue weighted by atomic mass is 16.4. The Morgan fingerprint density at radius 2 is 1.78 bits per heavy atom. The summed E-state index contributed by atoms with van der Waals surface area (Å²) < 4.78 is 0. The van der Waals surface area contributed by atoms with Crippen LogP contribution >= 0.6 is 0 Å². The highest BCUT2D eigenvalue weighted by Crippen LogP contribution is 2.30. The van der Waals surface area contributed by atoms with Crippen molar-refractivity contribution in [3.8, 4) is 0 Å². The first-order chi connectivity index (χ1) is 8.50. The van der Waals surface area contributed by atoms with Crippen LogP contribution in [0.3, 0.4) is 0 Å². The number of nitrogens with two attached hydrogens (primary N) is 1. The maximum Gasteiger partial charge on any atom is 0.308 e. The van der Waals surface area contributed by atoms with Gasteiger partial charge in [-0.3, -0.25) is 9.59 Å². The minimum atomic E-state index is -0.788. The first-order valence-corrected chi connectivity index (χ1v) is 6.79. The van der Waals surface area contributed by atoms with Crippen LogP contribution in [0.15, 0.2) is 0 Å². The van der Waals surface area contributed by atoms with Crippen molar-refractivity contribution in [1.29, 1.82) is 0 Å². The smallest absolute Gasteiger partial charge is 0.308 e. The van der Waals surface area contributed by atoms with Crippen molar-refractivity contribution < 1.29 is 14.7 Å². The maximum absolute atomic E-state index is 12.4. The number of hydrogen-bond acceptors (Lipinski definition) is 3. The van der Waals surface area contributed by atoms with Gasteiger partial charge >= 0.3 is 5.97 Å². The third kappa shape index (κ3) is 2.51. The molecule has 1 amide bonds. The molecule has 1 heterocycles. The lowest BCUT2D eigenvalue weighted by Gasteiger charge is -2.31. The van der Waals surface area contributed by atoms with E-state index in [0.29, 0.717) is 13.0 Å². The van der Waals surface area contributed by atoms with Crippen LogP contribution in [-0.2, 0) is 9.59 Å². The van der Waals surface area contributed by atoms with Gasteiger partial charge in [0.15, 0.2) is 0 Å². The van der Waals surface area contributed by atoms with E-state index in [1.165, 1.54) is 0 Å². The average Bonchev–Trinajstić information content (AvgIpc) is 2.71. The Kier molecular flexibility index (Phi) is 3.90. The van der Waals surface area contributed by atoms with Gasteiger partial charge in [0.2, 0.25) is 5.91 Å². The number of hydrogen-bond donors (Lipinski definition) is 2. The molecule has 5 heteroatoms. The highest BCUT2D eigenvalue weighted by molar-refractivity contribution is 5.81. The van der Waals surface area contributed by atoms with E-state index in [1.807, 2.05) is 6.92 Å². The zero-order valence-corrected chi connectivity index (χ0v) is 10.8. The fraction of sp³-hybridized carbons (Fsp3) is 0.846. The van der Waals surface area contributed by atoms with Crippen molar-refractivity contribution in [2.24, 2.45) is 17.6 Å². The molecule has 0 aromatic carbocycles. The van der Waals surface area contributed by atoms with Crippen molar-refractivity contribution in [3.05, 3.63) is 0 Å². The number of rotatable bonds is 2. The molecule has 0 aromatic rings. The number of nitrogens with zero attached hydrogens (tertiary/aromatic N) is 1. The Hall–Kier alpha value is -1.10. The van der Waals surface area contributed by atoms with Crippen LogP contribution in [0.2, 0.25) is 0 Å². The van der Waals surface area contributed by atoms with E-state index in [1.54, 1.807) is 4.90 Å². The lowest BCUT2D eigenvalue weighted by atomic mass is 9.85. The van der Waals surface area contributed by atoms with Gasteiger partial charge in [0, 0.05) is 24.5 Å². The van der Waals surface area contributed by atoms with E-state index >= 15 is 0 Å². The highest BCUT2D eigenvalue weighted by Gasteiger charge is 2.40. The molecule has 1 aliphatic heterocycles. The largest absolute Gasteiger partial charge is 0.481 e. The number of amides is 1. The quantitative estimate of drug-likeness (QED) is 0.764. The molecule has 2 aliphatic rings. The van der Waals surface area contributed by atoms with Gasteiger partial charge in [0.1, 0.15) is 0 Å². The molecule has 102 valence electrons. The van der Waals surface area contributed by atoms with Gasteiger partial charge in [-0.15, -0.1) is 0 Å². The molecular weight excluding hydrogens is 232 g/mol. The van der Waals surface area contributed by atoms with Gasteiger partial charge in [-0.25, -0.2) is 0 Å². The van der Waals surface area contributed by atoms with E-state index < -0.39 is 11.9 Å². The van der Waals surface area contributed by atoms with E-state index in [9.17, 15) is 9.59 Å². The summed E-state index contributed by atoms with van der Waals surface area (Å²) in [7, 11) is 0. The summed E-state index contributed by atoms with van der Waals surface area (Å²) in [5.74, 6) is -0.999. The van der Waals surface area contributed by atoms with Crippen molar-refractivity contribution >= 4 is 11.9 Å². The lowest BCUT2D eigenvalue weighted by Crippen LogP contribution is -2.43. The van der Waals surface area contributed by atoms with Crippen LogP contribution in [0.1, 0.15) is 39.0 Å². The SMILES string of the molecule is CC1C(C(=O)O)CCN1C(=O)C1CCC(N)CC1. The molecule has 1 aliphatic carbocycles. The Morgan fingerprint density at radius 1 is 1.17 bits per heavy atom. The van der Waals surface area contributed by atoms with E-state index in [2.05, 4.69) is 0 Å². The van der Waals surface area contributed by atoms with Gasteiger partial charge in [-0.1, -0.05) is 0 Å². The zero-order valence-electron chi connectivity index (χ0n) is 10.8. The molecule has 0 radical (unpaired) electrons. The first kappa shape index (κ1) is 13.3. The number of likely N-dealkylation sites (tertiary alicyclic amines) is 1. The Labute approximate surface area is 107 Å². The lowest BCUT2D eigenvalue weighted by molar-refractivity contribution is -0.143. The van der Waals surface area contributed by atoms with Gasteiger partial charge in [-0.05, 0) is 39.0 Å². The molecule has 1 saturated heterocycles. The predicted octanol–water partition coefficient (Wildman–Crippen LogP) is 0.825. The minimum absolute atomic E-state index is 0.0554. The summed E-state index contributed by atoms with van der Waals surface area (Å²) in [6.07, 6.45) is 4.08. The maximum atomic E-state index is 12.4. The van der Waals surface area contributed by atoms with Crippen molar-refractivity contribution in [2.75, 3.05) is 6.54 Å². The van der Waals surface area contributed by atoms with E-state index in [-0.39, 0.29) is 23.9 Å². The molecule has 1 saturated carbocycles. The fourth-order valence-electron chi connectivity index (χ4n) is 3.18. The Bertz CT molecular complexity index is 337.